The summed E-state index contributed by atoms with van der Waals surface area (Å²) < 4.78 is 5.44. The summed E-state index contributed by atoms with van der Waals surface area (Å²) >= 11 is 1.81. The van der Waals surface area contributed by atoms with Gasteiger partial charge in [0.25, 0.3) is 0 Å². The highest BCUT2D eigenvalue weighted by molar-refractivity contribution is 7.09. The van der Waals surface area contributed by atoms with Crippen LogP contribution in [0.5, 0.6) is 5.75 Å². The van der Waals surface area contributed by atoms with Gasteiger partial charge in [-0.2, -0.15) is 0 Å². The van der Waals surface area contributed by atoms with Crippen molar-refractivity contribution in [1.29, 1.82) is 0 Å². The van der Waals surface area contributed by atoms with Crippen LogP contribution in [-0.2, 0) is 6.42 Å². The molecule has 102 valence electrons. The smallest absolute Gasteiger partial charge is 0.137 e. The van der Waals surface area contributed by atoms with Crippen molar-refractivity contribution < 1.29 is 4.74 Å². The van der Waals surface area contributed by atoms with Crippen LogP contribution in [0, 0.1) is 0 Å². The SMILES string of the molecule is CCOc1cncc(C(N)CCCc2cccs2)c1. The molecule has 3 nitrogen and oxygen atoms in total. The maximum Gasteiger partial charge on any atom is 0.137 e. The van der Waals surface area contributed by atoms with E-state index < -0.39 is 0 Å². The van der Waals surface area contributed by atoms with Crippen molar-refractivity contribution >= 4 is 11.3 Å². The third-order valence-electron chi connectivity index (χ3n) is 2.99. The Kier molecular flexibility index (Phi) is 5.36. The molecule has 0 saturated heterocycles. The summed E-state index contributed by atoms with van der Waals surface area (Å²) in [5.74, 6) is 0.800. The van der Waals surface area contributed by atoms with E-state index in [1.807, 2.05) is 19.2 Å². The van der Waals surface area contributed by atoms with Crippen molar-refractivity contribution in [2.75, 3.05) is 6.61 Å². The van der Waals surface area contributed by atoms with Gasteiger partial charge >= 0.3 is 0 Å². The first-order valence-electron chi connectivity index (χ1n) is 6.65. The van der Waals surface area contributed by atoms with Gasteiger partial charge in [0.1, 0.15) is 5.75 Å². The van der Waals surface area contributed by atoms with Gasteiger partial charge in [-0.25, -0.2) is 0 Å². The van der Waals surface area contributed by atoms with Crippen molar-refractivity contribution in [3.63, 3.8) is 0 Å². The zero-order valence-corrected chi connectivity index (χ0v) is 12.0. The average Bonchev–Trinajstić information content (AvgIpc) is 2.92. The molecule has 2 aromatic rings. The minimum Gasteiger partial charge on any atom is -0.492 e. The Morgan fingerprint density at radius 2 is 2.32 bits per heavy atom. The minimum atomic E-state index is 0.0351. The molecule has 0 saturated carbocycles. The highest BCUT2D eigenvalue weighted by Gasteiger charge is 2.08. The fraction of sp³-hybridized carbons (Fsp3) is 0.400. The lowest BCUT2D eigenvalue weighted by Crippen LogP contribution is -2.11. The zero-order chi connectivity index (χ0) is 13.5. The second kappa shape index (κ2) is 7.26. The van der Waals surface area contributed by atoms with E-state index in [-0.39, 0.29) is 6.04 Å². The monoisotopic (exact) mass is 276 g/mol. The third-order valence-corrected chi connectivity index (χ3v) is 3.93. The molecule has 0 radical (unpaired) electrons. The standard InChI is InChI=1S/C15H20N2OS/c1-2-18-13-9-12(10-17-11-13)15(16)7-3-5-14-6-4-8-19-14/h4,6,8-11,15H,2-3,5,7,16H2,1H3. The quantitative estimate of drug-likeness (QED) is 0.841. The van der Waals surface area contributed by atoms with E-state index in [2.05, 4.69) is 22.5 Å². The van der Waals surface area contributed by atoms with Crippen LogP contribution in [0.25, 0.3) is 0 Å². The normalized spacial score (nSPS) is 12.3. The Morgan fingerprint density at radius 1 is 1.42 bits per heavy atom. The van der Waals surface area contributed by atoms with Crippen molar-refractivity contribution in [2.45, 2.75) is 32.2 Å². The Bertz CT molecular complexity index is 485. The molecule has 2 heterocycles. The molecular formula is C15H20N2OS. The fourth-order valence-corrected chi connectivity index (χ4v) is 2.75. The molecular weight excluding hydrogens is 256 g/mol. The molecule has 19 heavy (non-hydrogen) atoms. The summed E-state index contributed by atoms with van der Waals surface area (Å²) in [6.45, 7) is 2.62. The number of aromatic nitrogens is 1. The van der Waals surface area contributed by atoms with Crippen LogP contribution in [0.2, 0.25) is 0 Å². The summed E-state index contributed by atoms with van der Waals surface area (Å²) in [6.07, 6.45) is 6.73. The van der Waals surface area contributed by atoms with Gasteiger partial charge in [0.05, 0.1) is 12.8 Å². The number of rotatable bonds is 7. The maximum absolute atomic E-state index is 6.21. The van der Waals surface area contributed by atoms with Crippen molar-refractivity contribution in [1.82, 2.24) is 4.98 Å². The molecule has 1 atom stereocenters. The molecule has 0 spiro atoms. The summed E-state index contributed by atoms with van der Waals surface area (Å²) in [4.78, 5) is 5.60. The molecule has 0 fully saturated rings. The first-order chi connectivity index (χ1) is 9.29. The molecule has 0 amide bonds. The molecule has 2 rings (SSSR count). The van der Waals surface area contributed by atoms with Gasteiger partial charge < -0.3 is 10.5 Å². The largest absolute Gasteiger partial charge is 0.492 e. The summed E-state index contributed by atoms with van der Waals surface area (Å²) in [7, 11) is 0. The minimum absolute atomic E-state index is 0.0351. The zero-order valence-electron chi connectivity index (χ0n) is 11.2. The van der Waals surface area contributed by atoms with Crippen LogP contribution in [0.1, 0.15) is 36.2 Å². The number of aryl methyl sites for hydroxylation is 1. The van der Waals surface area contributed by atoms with Gasteiger partial charge in [-0.1, -0.05) is 6.07 Å². The molecule has 0 aliphatic carbocycles. The van der Waals surface area contributed by atoms with E-state index in [1.54, 1.807) is 17.5 Å². The maximum atomic E-state index is 6.21. The number of thiophene rings is 1. The Labute approximate surface area is 118 Å². The van der Waals surface area contributed by atoms with E-state index in [0.717, 1.165) is 30.6 Å². The van der Waals surface area contributed by atoms with Gasteiger partial charge in [-0.3, -0.25) is 4.98 Å². The fourth-order valence-electron chi connectivity index (χ4n) is 2.00. The molecule has 0 aliphatic heterocycles. The molecule has 4 heteroatoms. The van der Waals surface area contributed by atoms with Crippen molar-refractivity contribution in [3.8, 4) is 5.75 Å². The van der Waals surface area contributed by atoms with E-state index in [4.69, 9.17) is 10.5 Å². The summed E-state index contributed by atoms with van der Waals surface area (Å²) in [6, 6.07) is 6.29. The van der Waals surface area contributed by atoms with E-state index in [9.17, 15) is 0 Å². The Hall–Kier alpha value is -1.39. The predicted molar refractivity (Wildman–Crippen MR) is 79.6 cm³/mol. The molecule has 2 N–H and O–H groups in total. The van der Waals surface area contributed by atoms with Crippen LogP contribution in [0.4, 0.5) is 0 Å². The van der Waals surface area contributed by atoms with Gasteiger partial charge in [0, 0.05) is 17.1 Å². The van der Waals surface area contributed by atoms with E-state index in [0.29, 0.717) is 6.61 Å². The second-order valence-electron chi connectivity index (χ2n) is 4.47. The van der Waals surface area contributed by atoms with Crippen LogP contribution < -0.4 is 10.5 Å². The van der Waals surface area contributed by atoms with Gasteiger partial charge in [0.15, 0.2) is 0 Å². The van der Waals surface area contributed by atoms with E-state index in [1.165, 1.54) is 4.88 Å². The highest BCUT2D eigenvalue weighted by atomic mass is 32.1. The van der Waals surface area contributed by atoms with Crippen LogP contribution in [0.3, 0.4) is 0 Å². The number of nitrogens with zero attached hydrogens (tertiary/aromatic N) is 1. The second-order valence-corrected chi connectivity index (χ2v) is 5.50. The summed E-state index contributed by atoms with van der Waals surface area (Å²) in [5.41, 5.74) is 7.26. The van der Waals surface area contributed by atoms with Crippen LogP contribution >= 0.6 is 11.3 Å². The van der Waals surface area contributed by atoms with Gasteiger partial charge in [-0.05, 0) is 49.3 Å². The number of pyridine rings is 1. The highest BCUT2D eigenvalue weighted by Crippen LogP contribution is 2.21. The molecule has 2 aromatic heterocycles. The lowest BCUT2D eigenvalue weighted by molar-refractivity contribution is 0.338. The molecule has 0 aliphatic rings. The first kappa shape index (κ1) is 14.0. The lowest BCUT2D eigenvalue weighted by atomic mass is 10.0. The molecule has 0 bridgehead atoms. The van der Waals surface area contributed by atoms with Crippen molar-refractivity contribution in [2.24, 2.45) is 5.73 Å². The van der Waals surface area contributed by atoms with Gasteiger partial charge in [-0.15, -0.1) is 11.3 Å². The van der Waals surface area contributed by atoms with E-state index >= 15 is 0 Å². The Balaban J connectivity index is 1.85. The number of hydrogen-bond acceptors (Lipinski definition) is 4. The van der Waals surface area contributed by atoms with Gasteiger partial charge in [0.2, 0.25) is 0 Å². The molecule has 0 aromatic carbocycles. The third kappa shape index (κ3) is 4.33. The topological polar surface area (TPSA) is 48.1 Å². The predicted octanol–water partition coefficient (Wildman–Crippen LogP) is 3.56. The average molecular weight is 276 g/mol. The molecule has 1 unspecified atom stereocenters. The van der Waals surface area contributed by atoms with Crippen LogP contribution in [0.15, 0.2) is 36.0 Å². The number of nitrogens with two attached hydrogens (primary N) is 1. The lowest BCUT2D eigenvalue weighted by Gasteiger charge is -2.12. The number of hydrogen-bond donors (Lipinski definition) is 1. The van der Waals surface area contributed by atoms with Crippen LogP contribution in [-0.4, -0.2) is 11.6 Å². The Morgan fingerprint density at radius 3 is 3.05 bits per heavy atom. The number of ether oxygens (including phenoxy) is 1. The van der Waals surface area contributed by atoms with Crippen molar-refractivity contribution in [3.05, 3.63) is 46.4 Å². The first-order valence-corrected chi connectivity index (χ1v) is 7.53. The summed E-state index contributed by atoms with van der Waals surface area (Å²) in [5, 5.41) is 2.12.